The smallest absolute Gasteiger partial charge is 0.227 e. The van der Waals surface area contributed by atoms with Crippen LogP contribution < -0.4 is 10.2 Å². The molecule has 1 aromatic heterocycles. The molecule has 5 heteroatoms. The van der Waals surface area contributed by atoms with Gasteiger partial charge in [-0.1, -0.05) is 44.2 Å². The van der Waals surface area contributed by atoms with Gasteiger partial charge in [0.25, 0.3) is 0 Å². The summed E-state index contributed by atoms with van der Waals surface area (Å²) in [6.45, 7) is 5.30. The van der Waals surface area contributed by atoms with Crippen LogP contribution >= 0.6 is 0 Å². The molecule has 3 aromatic rings. The monoisotopic (exact) mass is 389 g/mol. The molecule has 1 aliphatic heterocycles. The SMILES string of the molecule is CC(C)c1ccc(N2C[C@@H](C(=O)NCCc3c[nH]c4ccccc34)CC2=O)cc1. The Morgan fingerprint density at radius 2 is 1.93 bits per heavy atom. The number of fused-ring (bicyclic) bond motifs is 1. The van der Waals surface area contributed by atoms with Gasteiger partial charge in [0, 0.05) is 42.3 Å². The third kappa shape index (κ3) is 4.04. The Kier molecular flexibility index (Phi) is 5.38. The molecule has 0 unspecified atom stereocenters. The first-order valence-corrected chi connectivity index (χ1v) is 10.3. The zero-order valence-electron chi connectivity index (χ0n) is 16.9. The molecule has 2 heterocycles. The lowest BCUT2D eigenvalue weighted by atomic mass is 10.0. The van der Waals surface area contributed by atoms with Gasteiger partial charge in [-0.2, -0.15) is 0 Å². The predicted octanol–water partition coefficient (Wildman–Crippen LogP) is 4.00. The number of para-hydroxylation sites is 1. The second kappa shape index (κ2) is 8.11. The van der Waals surface area contributed by atoms with Crippen molar-refractivity contribution in [2.75, 3.05) is 18.0 Å². The van der Waals surface area contributed by atoms with Crippen molar-refractivity contribution in [2.45, 2.75) is 32.6 Å². The van der Waals surface area contributed by atoms with Crippen LogP contribution in [0.2, 0.25) is 0 Å². The first-order valence-electron chi connectivity index (χ1n) is 10.3. The summed E-state index contributed by atoms with van der Waals surface area (Å²) in [5, 5.41) is 4.20. The van der Waals surface area contributed by atoms with Crippen LogP contribution in [0.15, 0.2) is 54.7 Å². The number of aromatic nitrogens is 1. The number of carbonyl (C=O) groups is 2. The lowest BCUT2D eigenvalue weighted by Crippen LogP contribution is -2.34. The molecular weight excluding hydrogens is 362 g/mol. The molecule has 1 fully saturated rings. The van der Waals surface area contributed by atoms with E-state index in [1.54, 1.807) is 4.90 Å². The van der Waals surface area contributed by atoms with Crippen molar-refractivity contribution < 1.29 is 9.59 Å². The van der Waals surface area contributed by atoms with Crippen molar-refractivity contribution in [3.8, 4) is 0 Å². The largest absolute Gasteiger partial charge is 0.361 e. The van der Waals surface area contributed by atoms with Crippen LogP contribution in [0.1, 0.15) is 37.3 Å². The normalized spacial score (nSPS) is 16.7. The van der Waals surface area contributed by atoms with Crippen molar-refractivity contribution in [1.82, 2.24) is 10.3 Å². The average Bonchev–Trinajstić information content (AvgIpc) is 3.32. The average molecular weight is 389 g/mol. The van der Waals surface area contributed by atoms with Gasteiger partial charge in [0.2, 0.25) is 11.8 Å². The summed E-state index contributed by atoms with van der Waals surface area (Å²) in [6, 6.07) is 16.2. The quantitative estimate of drug-likeness (QED) is 0.669. The molecule has 2 aromatic carbocycles. The maximum atomic E-state index is 12.6. The Morgan fingerprint density at radius 1 is 1.17 bits per heavy atom. The Bertz CT molecular complexity index is 1020. The summed E-state index contributed by atoms with van der Waals surface area (Å²) < 4.78 is 0. The highest BCUT2D eigenvalue weighted by molar-refractivity contribution is 6.00. The zero-order chi connectivity index (χ0) is 20.4. The standard InChI is InChI=1S/C24H27N3O2/c1-16(2)17-7-9-20(10-8-17)27-15-19(13-23(27)28)24(29)25-12-11-18-14-26-22-6-4-3-5-21(18)22/h3-10,14,16,19,26H,11-13,15H2,1-2H3,(H,25,29)/t19-/m0/s1. The fourth-order valence-electron chi connectivity index (χ4n) is 3.98. The first kappa shape index (κ1) is 19.2. The van der Waals surface area contributed by atoms with Gasteiger partial charge in [-0.25, -0.2) is 0 Å². The van der Waals surface area contributed by atoms with Crippen molar-refractivity contribution in [3.05, 3.63) is 65.9 Å². The van der Waals surface area contributed by atoms with Crippen LogP contribution in [0, 0.1) is 5.92 Å². The molecule has 1 aliphatic rings. The van der Waals surface area contributed by atoms with Gasteiger partial charge >= 0.3 is 0 Å². The summed E-state index contributed by atoms with van der Waals surface area (Å²) in [5.74, 6) is 0.128. The van der Waals surface area contributed by atoms with Gasteiger partial charge in [-0.05, 0) is 41.7 Å². The van der Waals surface area contributed by atoms with Crippen LogP contribution in [0.3, 0.4) is 0 Å². The molecule has 0 saturated carbocycles. The maximum Gasteiger partial charge on any atom is 0.227 e. The lowest BCUT2D eigenvalue weighted by molar-refractivity contribution is -0.126. The molecule has 0 spiro atoms. The van der Waals surface area contributed by atoms with Crippen LogP contribution in [0.5, 0.6) is 0 Å². The Morgan fingerprint density at radius 3 is 2.69 bits per heavy atom. The Balaban J connectivity index is 1.33. The number of carbonyl (C=O) groups excluding carboxylic acids is 2. The van der Waals surface area contributed by atoms with Crippen molar-refractivity contribution in [3.63, 3.8) is 0 Å². The van der Waals surface area contributed by atoms with Crippen LogP contribution in [0.25, 0.3) is 10.9 Å². The molecule has 150 valence electrons. The van der Waals surface area contributed by atoms with Crippen LogP contribution in [0.4, 0.5) is 5.69 Å². The van der Waals surface area contributed by atoms with Crippen molar-refractivity contribution >= 4 is 28.4 Å². The third-order valence-corrected chi connectivity index (χ3v) is 5.74. The van der Waals surface area contributed by atoms with Gasteiger partial charge in [-0.15, -0.1) is 0 Å². The van der Waals surface area contributed by atoms with E-state index in [0.717, 1.165) is 17.6 Å². The van der Waals surface area contributed by atoms with Gasteiger partial charge in [0.05, 0.1) is 5.92 Å². The van der Waals surface area contributed by atoms with E-state index < -0.39 is 0 Å². The van der Waals surface area contributed by atoms with Crippen LogP contribution in [-0.2, 0) is 16.0 Å². The predicted molar refractivity (Wildman–Crippen MR) is 116 cm³/mol. The fraction of sp³-hybridized carbons (Fsp3) is 0.333. The molecule has 0 aliphatic carbocycles. The number of benzene rings is 2. The maximum absolute atomic E-state index is 12.6. The van der Waals surface area contributed by atoms with E-state index in [9.17, 15) is 9.59 Å². The Labute approximate surface area is 171 Å². The second-order valence-electron chi connectivity index (χ2n) is 8.05. The highest BCUT2D eigenvalue weighted by Crippen LogP contribution is 2.27. The summed E-state index contributed by atoms with van der Waals surface area (Å²) >= 11 is 0. The van der Waals surface area contributed by atoms with Gasteiger partial charge in [-0.3, -0.25) is 9.59 Å². The van der Waals surface area contributed by atoms with Crippen LogP contribution in [-0.4, -0.2) is 29.9 Å². The number of aromatic amines is 1. The first-order chi connectivity index (χ1) is 14.0. The molecule has 0 bridgehead atoms. The molecule has 5 nitrogen and oxygen atoms in total. The summed E-state index contributed by atoms with van der Waals surface area (Å²) in [5.41, 5.74) is 4.41. The summed E-state index contributed by atoms with van der Waals surface area (Å²) in [4.78, 5) is 30.1. The molecule has 1 atom stereocenters. The number of hydrogen-bond acceptors (Lipinski definition) is 2. The van der Waals surface area contributed by atoms with E-state index in [2.05, 4.69) is 42.3 Å². The van der Waals surface area contributed by atoms with Gasteiger partial charge < -0.3 is 15.2 Å². The van der Waals surface area contributed by atoms with E-state index in [1.807, 2.05) is 36.5 Å². The van der Waals surface area contributed by atoms with Crippen molar-refractivity contribution in [1.29, 1.82) is 0 Å². The highest BCUT2D eigenvalue weighted by atomic mass is 16.2. The van der Waals surface area contributed by atoms with E-state index in [4.69, 9.17) is 0 Å². The molecule has 4 rings (SSSR count). The minimum atomic E-state index is -0.296. The number of nitrogens with zero attached hydrogens (tertiary/aromatic N) is 1. The number of amides is 2. The third-order valence-electron chi connectivity index (χ3n) is 5.74. The van der Waals surface area contributed by atoms with E-state index >= 15 is 0 Å². The van der Waals surface area contributed by atoms with Gasteiger partial charge in [0.15, 0.2) is 0 Å². The number of anilines is 1. The summed E-state index contributed by atoms with van der Waals surface area (Å²) in [7, 11) is 0. The van der Waals surface area contributed by atoms with Crippen molar-refractivity contribution in [2.24, 2.45) is 5.92 Å². The zero-order valence-corrected chi connectivity index (χ0v) is 16.9. The topological polar surface area (TPSA) is 65.2 Å². The van der Waals surface area contributed by atoms with Gasteiger partial charge in [0.1, 0.15) is 0 Å². The highest BCUT2D eigenvalue weighted by Gasteiger charge is 2.34. The lowest BCUT2D eigenvalue weighted by Gasteiger charge is -2.17. The number of H-pyrrole nitrogens is 1. The number of hydrogen-bond donors (Lipinski definition) is 2. The minimum absolute atomic E-state index is 0.0130. The number of rotatable bonds is 6. The second-order valence-corrected chi connectivity index (χ2v) is 8.05. The Hall–Kier alpha value is -3.08. The molecule has 0 radical (unpaired) electrons. The molecule has 1 saturated heterocycles. The molecule has 29 heavy (non-hydrogen) atoms. The molecule has 2 amide bonds. The van der Waals surface area contributed by atoms with E-state index in [0.29, 0.717) is 19.0 Å². The minimum Gasteiger partial charge on any atom is -0.361 e. The van der Waals surface area contributed by atoms with E-state index in [-0.39, 0.29) is 24.2 Å². The fourth-order valence-corrected chi connectivity index (χ4v) is 3.98. The summed E-state index contributed by atoms with van der Waals surface area (Å²) in [6.07, 6.45) is 3.03. The molecule has 2 N–H and O–H groups in total. The number of nitrogens with one attached hydrogen (secondary N) is 2. The van der Waals surface area contributed by atoms with E-state index in [1.165, 1.54) is 16.5 Å². The molecular formula is C24H27N3O2.